The summed E-state index contributed by atoms with van der Waals surface area (Å²) in [5.41, 5.74) is 2.20. The fourth-order valence-electron chi connectivity index (χ4n) is 3.61. The van der Waals surface area contributed by atoms with Gasteiger partial charge < -0.3 is 14.5 Å². The molecule has 1 amide bonds. The molecule has 0 N–H and O–H groups in total. The van der Waals surface area contributed by atoms with Crippen molar-refractivity contribution in [3.05, 3.63) is 101 Å². The summed E-state index contributed by atoms with van der Waals surface area (Å²) in [5, 5.41) is 4.17. The monoisotopic (exact) mass is 436 g/mol. The molecule has 0 aliphatic carbocycles. The number of carbonyl (C=O) groups is 1. The van der Waals surface area contributed by atoms with E-state index in [9.17, 15) is 13.6 Å². The van der Waals surface area contributed by atoms with Crippen molar-refractivity contribution < 1.29 is 23.1 Å². The molecule has 164 valence electrons. The van der Waals surface area contributed by atoms with E-state index < -0.39 is 23.6 Å². The minimum absolute atomic E-state index is 0.0433. The maximum Gasteiger partial charge on any atom is 0.257 e. The van der Waals surface area contributed by atoms with Gasteiger partial charge in [0, 0.05) is 13.0 Å². The lowest BCUT2D eigenvalue weighted by atomic mass is 10.0. The normalized spacial score (nSPS) is 15.1. The Kier molecular flexibility index (Phi) is 6.44. The molecule has 0 spiro atoms. The third-order valence-electron chi connectivity index (χ3n) is 5.23. The van der Waals surface area contributed by atoms with Crippen LogP contribution in [0.15, 0.2) is 78.0 Å². The average molecular weight is 436 g/mol. The van der Waals surface area contributed by atoms with Crippen LogP contribution in [0.4, 0.5) is 8.78 Å². The lowest BCUT2D eigenvalue weighted by Gasteiger charge is -2.25. The Morgan fingerprint density at radius 2 is 1.88 bits per heavy atom. The van der Waals surface area contributed by atoms with Gasteiger partial charge in [-0.1, -0.05) is 29.4 Å². The van der Waals surface area contributed by atoms with Crippen LogP contribution in [-0.4, -0.2) is 36.3 Å². The number of methoxy groups -OCH3 is 1. The zero-order chi connectivity index (χ0) is 22.5. The Hall–Kier alpha value is -3.74. The minimum atomic E-state index is -0.607. The van der Waals surface area contributed by atoms with Gasteiger partial charge in [-0.2, -0.15) is 0 Å². The van der Waals surface area contributed by atoms with Crippen LogP contribution in [0, 0.1) is 11.6 Å². The summed E-state index contributed by atoms with van der Waals surface area (Å²) in [6.07, 6.45) is 0.0765. The van der Waals surface area contributed by atoms with Crippen LogP contribution in [0.2, 0.25) is 0 Å². The highest BCUT2D eigenvalue weighted by Gasteiger charge is 2.28. The molecule has 0 aromatic heterocycles. The third-order valence-corrected chi connectivity index (χ3v) is 5.23. The van der Waals surface area contributed by atoms with Gasteiger partial charge in [0.05, 0.1) is 24.9 Å². The van der Waals surface area contributed by atoms with Gasteiger partial charge in [0.1, 0.15) is 17.4 Å². The van der Waals surface area contributed by atoms with Gasteiger partial charge in [-0.05, 0) is 59.7 Å². The smallest absolute Gasteiger partial charge is 0.257 e. The number of oxime groups is 1. The summed E-state index contributed by atoms with van der Waals surface area (Å²) in [6.45, 7) is 0.287. The molecule has 1 aliphatic heterocycles. The Morgan fingerprint density at radius 1 is 1.09 bits per heavy atom. The Bertz CT molecular complexity index is 1130. The second kappa shape index (κ2) is 9.60. The first-order valence-electron chi connectivity index (χ1n) is 10.2. The second-order valence-corrected chi connectivity index (χ2v) is 7.49. The molecule has 3 aromatic rings. The first-order valence-corrected chi connectivity index (χ1v) is 10.2. The standard InChI is InChI=1S/C25H22F2N2O3/c1-31-20-11-9-18(10-12-20)24-14-21(32-28-24)16-29(15-17-5-4-6-19(26)13-17)25(30)22-7-2-3-8-23(22)27/h2-13,21H,14-16H2,1H3. The Labute approximate surface area is 184 Å². The molecule has 7 heteroatoms. The van der Waals surface area contributed by atoms with Crippen molar-refractivity contribution in [2.45, 2.75) is 19.1 Å². The fraction of sp³-hybridized carbons (Fsp3) is 0.200. The zero-order valence-electron chi connectivity index (χ0n) is 17.5. The van der Waals surface area contributed by atoms with Crippen LogP contribution in [0.25, 0.3) is 0 Å². The van der Waals surface area contributed by atoms with Crippen molar-refractivity contribution in [1.82, 2.24) is 4.90 Å². The first kappa shape index (κ1) is 21.5. The maximum absolute atomic E-state index is 14.3. The second-order valence-electron chi connectivity index (χ2n) is 7.49. The van der Waals surface area contributed by atoms with Crippen molar-refractivity contribution in [3.63, 3.8) is 0 Å². The molecule has 0 fully saturated rings. The molecular weight excluding hydrogens is 414 g/mol. The topological polar surface area (TPSA) is 51.1 Å². The van der Waals surface area contributed by atoms with Gasteiger partial charge in [-0.25, -0.2) is 8.78 Å². The van der Waals surface area contributed by atoms with Crippen molar-refractivity contribution in [3.8, 4) is 5.75 Å². The first-order chi connectivity index (χ1) is 15.5. The lowest BCUT2D eigenvalue weighted by molar-refractivity contribution is 0.0402. The number of carbonyl (C=O) groups excluding carboxylic acids is 1. The minimum Gasteiger partial charge on any atom is -0.497 e. The molecule has 1 unspecified atom stereocenters. The summed E-state index contributed by atoms with van der Waals surface area (Å²) >= 11 is 0. The van der Waals surface area contributed by atoms with E-state index in [4.69, 9.17) is 9.57 Å². The van der Waals surface area contributed by atoms with Crippen LogP contribution >= 0.6 is 0 Å². The lowest BCUT2D eigenvalue weighted by Crippen LogP contribution is -2.37. The Balaban J connectivity index is 1.51. The van der Waals surface area contributed by atoms with Crippen molar-refractivity contribution in [1.29, 1.82) is 0 Å². The van der Waals surface area contributed by atoms with Crippen LogP contribution in [0.1, 0.15) is 27.9 Å². The maximum atomic E-state index is 14.3. The summed E-state index contributed by atoms with van der Waals surface area (Å²) in [5.74, 6) is -0.761. The molecule has 1 heterocycles. The molecule has 1 atom stereocenters. The number of nitrogens with zero attached hydrogens (tertiary/aromatic N) is 2. The van der Waals surface area contributed by atoms with E-state index in [0.29, 0.717) is 12.0 Å². The van der Waals surface area contributed by atoms with Crippen LogP contribution in [0.3, 0.4) is 0 Å². The molecule has 1 aliphatic rings. The van der Waals surface area contributed by atoms with Gasteiger partial charge in [-0.15, -0.1) is 0 Å². The molecular formula is C25H22F2N2O3. The summed E-state index contributed by atoms with van der Waals surface area (Å²) in [7, 11) is 1.60. The largest absolute Gasteiger partial charge is 0.497 e. The van der Waals surface area contributed by atoms with E-state index >= 15 is 0 Å². The third kappa shape index (κ3) is 4.94. The van der Waals surface area contributed by atoms with Gasteiger partial charge >= 0.3 is 0 Å². The van der Waals surface area contributed by atoms with Crippen LogP contribution < -0.4 is 4.74 Å². The van der Waals surface area contributed by atoms with E-state index in [1.54, 1.807) is 25.3 Å². The highest BCUT2D eigenvalue weighted by molar-refractivity contribution is 6.01. The predicted octanol–water partition coefficient (Wildman–Crippen LogP) is 4.81. The van der Waals surface area contributed by atoms with E-state index in [2.05, 4.69) is 5.16 Å². The predicted molar refractivity (Wildman–Crippen MR) is 117 cm³/mol. The number of ether oxygens (including phenoxy) is 1. The number of hydrogen-bond donors (Lipinski definition) is 0. The van der Waals surface area contributed by atoms with Gasteiger partial charge in [0.2, 0.25) is 0 Å². The molecule has 32 heavy (non-hydrogen) atoms. The van der Waals surface area contributed by atoms with E-state index in [0.717, 1.165) is 17.0 Å². The number of rotatable bonds is 7. The van der Waals surface area contributed by atoms with Crippen LogP contribution in [0.5, 0.6) is 5.75 Å². The summed E-state index contributed by atoms with van der Waals surface area (Å²) < 4.78 is 33.2. The number of hydrogen-bond acceptors (Lipinski definition) is 4. The molecule has 0 saturated heterocycles. The number of amides is 1. The Morgan fingerprint density at radius 3 is 2.59 bits per heavy atom. The van der Waals surface area contributed by atoms with Crippen molar-refractivity contribution >= 4 is 11.6 Å². The number of benzene rings is 3. The van der Waals surface area contributed by atoms with E-state index in [1.807, 2.05) is 24.3 Å². The molecule has 0 saturated carbocycles. The van der Waals surface area contributed by atoms with Gasteiger partial charge in [0.15, 0.2) is 6.10 Å². The quantitative estimate of drug-likeness (QED) is 0.534. The molecule has 0 bridgehead atoms. The molecule has 0 radical (unpaired) electrons. The van der Waals surface area contributed by atoms with Crippen LogP contribution in [-0.2, 0) is 11.4 Å². The van der Waals surface area contributed by atoms with Crippen molar-refractivity contribution in [2.75, 3.05) is 13.7 Å². The zero-order valence-corrected chi connectivity index (χ0v) is 17.5. The average Bonchev–Trinajstić information content (AvgIpc) is 3.27. The van der Waals surface area contributed by atoms with E-state index in [1.165, 1.54) is 35.2 Å². The molecule has 5 nitrogen and oxygen atoms in total. The summed E-state index contributed by atoms with van der Waals surface area (Å²) in [4.78, 5) is 20.2. The van der Waals surface area contributed by atoms with E-state index in [-0.39, 0.29) is 18.7 Å². The SMILES string of the molecule is COc1ccc(C2=NOC(CN(Cc3cccc(F)c3)C(=O)c3ccccc3F)C2)cc1. The van der Waals surface area contributed by atoms with Crippen molar-refractivity contribution in [2.24, 2.45) is 5.16 Å². The van der Waals surface area contributed by atoms with Gasteiger partial charge in [0.25, 0.3) is 5.91 Å². The molecule has 4 rings (SSSR count). The van der Waals surface area contributed by atoms with Gasteiger partial charge in [-0.3, -0.25) is 4.79 Å². The highest BCUT2D eigenvalue weighted by Crippen LogP contribution is 2.22. The molecule has 3 aromatic carbocycles. The highest BCUT2D eigenvalue weighted by atomic mass is 19.1. The number of halogens is 2. The summed E-state index contributed by atoms with van der Waals surface area (Å²) in [6, 6.07) is 19.2. The fourth-order valence-corrected chi connectivity index (χ4v) is 3.61.